The second-order valence-corrected chi connectivity index (χ2v) is 5.86. The lowest BCUT2D eigenvalue weighted by molar-refractivity contribution is -0.277. The molecule has 1 atom stereocenters. The van der Waals surface area contributed by atoms with Crippen molar-refractivity contribution in [1.82, 2.24) is 25.0 Å². The average Bonchev–Trinajstić information content (AvgIpc) is 3.15. The van der Waals surface area contributed by atoms with E-state index in [-0.39, 0.29) is 22.9 Å². The smallest absolute Gasteiger partial charge is 0.393 e. The number of aliphatic hydroxyl groups excluding tert-OH is 1. The zero-order valence-corrected chi connectivity index (χ0v) is 14.0. The van der Waals surface area contributed by atoms with E-state index >= 15 is 0 Å². The fourth-order valence-corrected chi connectivity index (χ4v) is 2.51. The third kappa shape index (κ3) is 3.22. The second kappa shape index (κ2) is 6.59. The van der Waals surface area contributed by atoms with Crippen molar-refractivity contribution in [2.24, 2.45) is 0 Å². The van der Waals surface area contributed by atoms with Gasteiger partial charge in [0.2, 0.25) is 5.60 Å². The van der Waals surface area contributed by atoms with Crippen LogP contribution < -0.4 is 5.73 Å². The van der Waals surface area contributed by atoms with Crippen molar-refractivity contribution < 1.29 is 23.4 Å². The van der Waals surface area contributed by atoms with Crippen molar-refractivity contribution in [1.29, 1.82) is 0 Å². The maximum Gasteiger partial charge on any atom is 0.423 e. The van der Waals surface area contributed by atoms with Gasteiger partial charge >= 0.3 is 6.18 Å². The summed E-state index contributed by atoms with van der Waals surface area (Å²) in [7, 11) is 0. The molecule has 0 radical (unpaired) electrons. The van der Waals surface area contributed by atoms with Gasteiger partial charge in [-0.2, -0.15) is 17.9 Å². The lowest BCUT2D eigenvalue weighted by Gasteiger charge is -2.29. The molecule has 2 heterocycles. The van der Waals surface area contributed by atoms with Gasteiger partial charge in [-0.3, -0.25) is 0 Å². The topological polar surface area (TPSA) is 123 Å². The van der Waals surface area contributed by atoms with Crippen LogP contribution in [0.3, 0.4) is 0 Å². The summed E-state index contributed by atoms with van der Waals surface area (Å²) in [4.78, 5) is 8.31. The minimum absolute atomic E-state index is 0.0558. The van der Waals surface area contributed by atoms with Gasteiger partial charge in [0, 0.05) is 5.56 Å². The molecule has 0 aliphatic rings. The van der Waals surface area contributed by atoms with E-state index in [9.17, 15) is 23.4 Å². The molecule has 0 aliphatic heterocycles. The Morgan fingerprint density at radius 3 is 2.59 bits per heavy atom. The summed E-state index contributed by atoms with van der Waals surface area (Å²) in [6.45, 7) is 0.147. The van der Waals surface area contributed by atoms with Crippen molar-refractivity contribution in [3.8, 4) is 17.1 Å². The predicted octanol–water partition coefficient (Wildman–Crippen LogP) is 1.36. The fourth-order valence-electron chi connectivity index (χ4n) is 2.51. The minimum atomic E-state index is -5.06. The molecule has 1 unspecified atom stereocenters. The third-order valence-electron chi connectivity index (χ3n) is 4.11. The summed E-state index contributed by atoms with van der Waals surface area (Å²) < 4.78 is 41.0. The first-order valence-corrected chi connectivity index (χ1v) is 7.68. The van der Waals surface area contributed by atoms with Gasteiger partial charge in [0.15, 0.2) is 11.6 Å². The van der Waals surface area contributed by atoms with Crippen LogP contribution in [0.1, 0.15) is 11.1 Å². The number of benzene rings is 1. The summed E-state index contributed by atoms with van der Waals surface area (Å²) in [5, 5.41) is 26.6. The molecule has 0 spiro atoms. The maximum atomic E-state index is 13.3. The monoisotopic (exact) mass is 380 g/mol. The molecule has 11 heteroatoms. The van der Waals surface area contributed by atoms with Gasteiger partial charge in [-0.05, 0) is 24.1 Å². The molecule has 8 nitrogen and oxygen atoms in total. The molecule has 0 fully saturated rings. The zero-order valence-electron chi connectivity index (χ0n) is 14.0. The number of nitrogens with two attached hydrogens (primary N) is 1. The van der Waals surface area contributed by atoms with Gasteiger partial charge in [-0.1, -0.05) is 17.3 Å². The molecule has 142 valence electrons. The van der Waals surface area contributed by atoms with Crippen molar-refractivity contribution in [2.45, 2.75) is 18.7 Å². The number of aliphatic hydroxyl groups is 2. The first kappa shape index (κ1) is 18.7. The Labute approximate surface area is 151 Å². The first-order valence-electron chi connectivity index (χ1n) is 7.68. The lowest BCUT2D eigenvalue weighted by atomic mass is 9.90. The maximum absolute atomic E-state index is 13.3. The molecule has 0 aliphatic carbocycles. The highest BCUT2D eigenvalue weighted by molar-refractivity contribution is 5.66. The summed E-state index contributed by atoms with van der Waals surface area (Å²) in [6, 6.07) is 3.61. The normalized spacial score (nSPS) is 14.1. The van der Waals surface area contributed by atoms with Gasteiger partial charge in [0.1, 0.15) is 0 Å². The fraction of sp³-hybridized carbons (Fsp3) is 0.250. The summed E-state index contributed by atoms with van der Waals surface area (Å²) in [6.07, 6.45) is -0.869. The van der Waals surface area contributed by atoms with Crippen LogP contribution in [0.25, 0.3) is 17.1 Å². The van der Waals surface area contributed by atoms with Gasteiger partial charge in [-0.15, -0.1) is 5.10 Å². The third-order valence-corrected chi connectivity index (χ3v) is 4.11. The molecule has 3 aromatic rings. The van der Waals surface area contributed by atoms with E-state index < -0.39 is 23.9 Å². The van der Waals surface area contributed by atoms with E-state index in [1.54, 1.807) is 6.92 Å². The Morgan fingerprint density at radius 2 is 2.00 bits per heavy atom. The molecule has 0 amide bonds. The molecule has 4 N–H and O–H groups in total. The predicted molar refractivity (Wildman–Crippen MR) is 88.6 cm³/mol. The molecule has 2 aromatic heterocycles. The average molecular weight is 380 g/mol. The van der Waals surface area contributed by atoms with Crippen molar-refractivity contribution in [3.63, 3.8) is 0 Å². The van der Waals surface area contributed by atoms with Crippen molar-refractivity contribution in [2.75, 3.05) is 12.3 Å². The standard InChI is InChI=1S/C16H15F3N6O2/c1-9-2-3-10(15(27,8-26)16(17,18)19)6-11(9)12-7-21-13(20)14(23-12)25-5-4-22-24-25/h2-7,26-27H,8H2,1H3,(H2,20,21). The van der Waals surface area contributed by atoms with E-state index in [4.69, 9.17) is 5.73 Å². The largest absolute Gasteiger partial charge is 0.423 e. The van der Waals surface area contributed by atoms with Gasteiger partial charge in [0.05, 0.1) is 30.9 Å². The molecule has 0 saturated carbocycles. The highest BCUT2D eigenvalue weighted by Gasteiger charge is 2.54. The molecule has 3 rings (SSSR count). The number of hydrogen-bond acceptors (Lipinski definition) is 7. The van der Waals surface area contributed by atoms with E-state index in [2.05, 4.69) is 20.3 Å². The Morgan fingerprint density at radius 1 is 1.26 bits per heavy atom. The van der Waals surface area contributed by atoms with E-state index in [1.165, 1.54) is 29.3 Å². The Kier molecular flexibility index (Phi) is 4.57. The van der Waals surface area contributed by atoms with E-state index in [1.807, 2.05) is 0 Å². The van der Waals surface area contributed by atoms with Crippen LogP contribution in [-0.4, -0.2) is 48.0 Å². The van der Waals surface area contributed by atoms with E-state index in [0.29, 0.717) is 5.56 Å². The number of nitrogens with zero attached hydrogens (tertiary/aromatic N) is 5. The zero-order chi connectivity index (χ0) is 19.8. The number of aryl methyl sites for hydroxylation is 1. The minimum Gasteiger partial charge on any atom is -0.393 e. The Bertz CT molecular complexity index is 961. The lowest BCUT2D eigenvalue weighted by Crippen LogP contribution is -2.45. The van der Waals surface area contributed by atoms with E-state index in [0.717, 1.165) is 12.1 Å². The van der Waals surface area contributed by atoms with Crippen LogP contribution in [0, 0.1) is 6.92 Å². The van der Waals surface area contributed by atoms with Gasteiger partial charge < -0.3 is 15.9 Å². The van der Waals surface area contributed by atoms with Crippen LogP contribution in [-0.2, 0) is 5.60 Å². The van der Waals surface area contributed by atoms with Crippen LogP contribution in [0.5, 0.6) is 0 Å². The Balaban J connectivity index is 2.15. The number of anilines is 1. The van der Waals surface area contributed by atoms with Gasteiger partial charge in [0.25, 0.3) is 0 Å². The molecule has 1 aromatic carbocycles. The molecule has 27 heavy (non-hydrogen) atoms. The number of halogens is 3. The number of alkyl halides is 3. The highest BCUT2D eigenvalue weighted by atomic mass is 19.4. The Hall–Kier alpha value is -3.05. The van der Waals surface area contributed by atoms with Crippen molar-refractivity contribution in [3.05, 3.63) is 47.9 Å². The highest BCUT2D eigenvalue weighted by Crippen LogP contribution is 2.40. The molecular formula is C16H15F3N6O2. The number of hydrogen-bond donors (Lipinski definition) is 3. The molecule has 0 bridgehead atoms. The quantitative estimate of drug-likeness (QED) is 0.624. The summed E-state index contributed by atoms with van der Waals surface area (Å²) >= 11 is 0. The molecular weight excluding hydrogens is 365 g/mol. The van der Waals surface area contributed by atoms with Crippen LogP contribution in [0.4, 0.5) is 19.0 Å². The first-order chi connectivity index (χ1) is 12.7. The molecule has 0 saturated heterocycles. The van der Waals surface area contributed by atoms with Crippen molar-refractivity contribution >= 4 is 5.82 Å². The summed E-state index contributed by atoms with van der Waals surface area (Å²) in [5.74, 6) is 0.211. The number of nitrogen functional groups attached to an aromatic ring is 1. The van der Waals surface area contributed by atoms with Crippen LogP contribution in [0.15, 0.2) is 36.8 Å². The van der Waals surface area contributed by atoms with Crippen LogP contribution in [0.2, 0.25) is 0 Å². The van der Waals surface area contributed by atoms with Gasteiger partial charge in [-0.25, -0.2) is 9.97 Å². The second-order valence-electron chi connectivity index (χ2n) is 5.86. The number of rotatable bonds is 4. The summed E-state index contributed by atoms with van der Waals surface area (Å²) in [5.41, 5.74) is 2.97. The number of aromatic nitrogens is 5. The SMILES string of the molecule is Cc1ccc(C(O)(CO)C(F)(F)F)cc1-c1cnc(N)c(-n2ccnn2)n1. The van der Waals surface area contributed by atoms with Crippen LogP contribution >= 0.6 is 0 Å².